The zero-order valence-electron chi connectivity index (χ0n) is 11.8. The molecule has 0 heterocycles. The molecule has 0 fully saturated rings. The fourth-order valence-electron chi connectivity index (χ4n) is 1.39. The van der Waals surface area contributed by atoms with Crippen molar-refractivity contribution in [3.63, 3.8) is 0 Å². The lowest BCUT2D eigenvalue weighted by Crippen LogP contribution is -2.18. The van der Waals surface area contributed by atoms with Crippen molar-refractivity contribution in [3.8, 4) is 5.75 Å². The maximum atomic E-state index is 7.18. The number of rotatable bonds is 4. The van der Waals surface area contributed by atoms with Crippen LogP contribution in [0.15, 0.2) is 18.2 Å². The van der Waals surface area contributed by atoms with Crippen molar-refractivity contribution in [1.82, 2.24) is 0 Å². The molecule has 0 bridgehead atoms. The second-order valence-corrected chi connectivity index (χ2v) is 5.48. The lowest BCUT2D eigenvalue weighted by Gasteiger charge is -2.20. The van der Waals surface area contributed by atoms with Crippen molar-refractivity contribution >= 4 is 5.69 Å². The van der Waals surface area contributed by atoms with Crippen LogP contribution >= 0.6 is 0 Å². The minimum atomic E-state index is -0.175. The molecule has 0 atom stereocenters. The first kappa shape index (κ1) is 14.5. The van der Waals surface area contributed by atoms with Gasteiger partial charge in [0.15, 0.2) is 0 Å². The van der Waals surface area contributed by atoms with Crippen LogP contribution in [0.3, 0.4) is 0 Å². The van der Waals surface area contributed by atoms with E-state index in [-0.39, 0.29) is 11.7 Å². The third-order valence-corrected chi connectivity index (χ3v) is 2.18. The summed E-state index contributed by atoms with van der Waals surface area (Å²) >= 11 is 0. The van der Waals surface area contributed by atoms with Crippen molar-refractivity contribution in [2.75, 3.05) is 0 Å². The number of benzene rings is 1. The first-order valence-corrected chi connectivity index (χ1v) is 6.13. The van der Waals surface area contributed by atoms with Gasteiger partial charge < -0.3 is 9.47 Å². The van der Waals surface area contributed by atoms with Gasteiger partial charge in [-0.25, -0.2) is 4.85 Å². The van der Waals surface area contributed by atoms with Gasteiger partial charge in [0.05, 0.1) is 24.9 Å². The Hall–Kier alpha value is -1.53. The molecule has 3 nitrogen and oxygen atoms in total. The largest absolute Gasteiger partial charge is 0.502 e. The molecule has 0 spiro atoms. The summed E-state index contributed by atoms with van der Waals surface area (Å²) in [5.74, 6) is 0.638. The van der Waals surface area contributed by atoms with Gasteiger partial charge in [0, 0.05) is 0 Å². The van der Waals surface area contributed by atoms with Gasteiger partial charge in [-0.1, -0.05) is 6.07 Å². The second kappa shape index (κ2) is 5.88. The summed E-state index contributed by atoms with van der Waals surface area (Å²) in [6.07, 6.45) is 0.0715. The Bertz CT molecular complexity index is 439. The molecule has 0 radical (unpaired) electrons. The summed E-state index contributed by atoms with van der Waals surface area (Å²) in [4.78, 5) is 3.50. The zero-order chi connectivity index (χ0) is 13.8. The van der Waals surface area contributed by atoms with Crippen molar-refractivity contribution < 1.29 is 9.47 Å². The molecule has 1 aromatic carbocycles. The van der Waals surface area contributed by atoms with Gasteiger partial charge in [0.2, 0.25) is 5.69 Å². The monoisotopic (exact) mass is 247 g/mol. The van der Waals surface area contributed by atoms with E-state index in [4.69, 9.17) is 16.0 Å². The zero-order valence-corrected chi connectivity index (χ0v) is 11.8. The summed E-state index contributed by atoms with van der Waals surface area (Å²) in [6, 6.07) is 5.61. The normalized spacial score (nSPS) is 11.4. The van der Waals surface area contributed by atoms with Gasteiger partial charge in [0.25, 0.3) is 0 Å². The average Bonchev–Trinajstić information content (AvgIpc) is 2.26. The molecule has 0 saturated heterocycles. The lowest BCUT2D eigenvalue weighted by molar-refractivity contribution is -0.0149. The van der Waals surface area contributed by atoms with Gasteiger partial charge >= 0.3 is 0 Å². The molecule has 98 valence electrons. The smallest absolute Gasteiger partial charge is 0.228 e. The van der Waals surface area contributed by atoms with E-state index in [9.17, 15) is 0 Å². The van der Waals surface area contributed by atoms with Crippen molar-refractivity contribution in [3.05, 3.63) is 35.2 Å². The van der Waals surface area contributed by atoms with Crippen molar-refractivity contribution in [2.24, 2.45) is 0 Å². The second-order valence-electron chi connectivity index (χ2n) is 5.48. The summed E-state index contributed by atoms with van der Waals surface area (Å²) < 4.78 is 11.3. The third-order valence-electron chi connectivity index (χ3n) is 2.18. The van der Waals surface area contributed by atoms with Crippen LogP contribution in [0.2, 0.25) is 0 Å². The maximum absolute atomic E-state index is 7.18. The van der Waals surface area contributed by atoms with E-state index in [0.29, 0.717) is 18.0 Å². The molecular formula is C15H21NO2. The molecular weight excluding hydrogens is 226 g/mol. The molecule has 0 aliphatic heterocycles. The molecule has 1 rings (SSSR count). The van der Waals surface area contributed by atoms with Gasteiger partial charge in [-0.2, -0.15) is 0 Å². The van der Waals surface area contributed by atoms with E-state index in [1.165, 1.54) is 0 Å². The molecule has 0 aliphatic carbocycles. The Morgan fingerprint density at radius 3 is 2.44 bits per heavy atom. The van der Waals surface area contributed by atoms with E-state index in [0.717, 1.165) is 5.56 Å². The fourth-order valence-corrected chi connectivity index (χ4v) is 1.39. The highest BCUT2D eigenvalue weighted by atomic mass is 16.5. The lowest BCUT2D eigenvalue weighted by atomic mass is 10.1. The van der Waals surface area contributed by atoms with Crippen LogP contribution in [0, 0.1) is 6.57 Å². The van der Waals surface area contributed by atoms with Gasteiger partial charge in [0.1, 0.15) is 5.75 Å². The van der Waals surface area contributed by atoms with Crippen LogP contribution in [-0.4, -0.2) is 11.7 Å². The Labute approximate surface area is 110 Å². The standard InChI is InChI=1S/C15H21NO2/c1-11(2)18-14-8-7-12(9-13(14)16-6)10-17-15(3,4)5/h7-9,11H,10H2,1-5H3. The molecule has 0 unspecified atom stereocenters. The number of ether oxygens (including phenoxy) is 2. The SMILES string of the molecule is [C-]#[N+]c1cc(COC(C)(C)C)ccc1OC(C)C. The highest BCUT2D eigenvalue weighted by Gasteiger charge is 2.12. The number of nitrogens with zero attached hydrogens (tertiary/aromatic N) is 1. The molecule has 0 aliphatic rings. The number of hydrogen-bond donors (Lipinski definition) is 0. The predicted octanol–water partition coefficient (Wildman–Crippen LogP) is 4.34. The third kappa shape index (κ3) is 4.77. The topological polar surface area (TPSA) is 22.8 Å². The fraction of sp³-hybridized carbons (Fsp3) is 0.533. The summed E-state index contributed by atoms with van der Waals surface area (Å²) in [5.41, 5.74) is 1.36. The number of hydrogen-bond acceptors (Lipinski definition) is 2. The Morgan fingerprint density at radius 1 is 1.28 bits per heavy atom. The van der Waals surface area contributed by atoms with E-state index in [2.05, 4.69) is 4.85 Å². The van der Waals surface area contributed by atoms with Crippen molar-refractivity contribution in [2.45, 2.75) is 52.9 Å². The van der Waals surface area contributed by atoms with E-state index >= 15 is 0 Å². The van der Waals surface area contributed by atoms with Crippen LogP contribution in [0.1, 0.15) is 40.2 Å². The summed E-state index contributed by atoms with van der Waals surface area (Å²) in [7, 11) is 0. The average molecular weight is 247 g/mol. The molecule has 1 aromatic rings. The molecule has 3 heteroatoms. The molecule has 18 heavy (non-hydrogen) atoms. The first-order chi connectivity index (χ1) is 8.31. The Kier molecular flexibility index (Phi) is 4.75. The predicted molar refractivity (Wildman–Crippen MR) is 73.0 cm³/mol. The van der Waals surface area contributed by atoms with Crippen LogP contribution in [-0.2, 0) is 11.3 Å². The Morgan fingerprint density at radius 2 is 1.94 bits per heavy atom. The van der Waals surface area contributed by atoms with Gasteiger partial charge in [-0.05, 0) is 52.3 Å². The highest BCUT2D eigenvalue weighted by molar-refractivity contribution is 5.59. The van der Waals surface area contributed by atoms with Gasteiger partial charge in [-0.3, -0.25) is 0 Å². The maximum Gasteiger partial charge on any atom is 0.228 e. The van der Waals surface area contributed by atoms with Gasteiger partial charge in [-0.15, -0.1) is 0 Å². The Balaban J connectivity index is 2.83. The van der Waals surface area contributed by atoms with E-state index in [1.54, 1.807) is 0 Å². The van der Waals surface area contributed by atoms with Crippen LogP contribution < -0.4 is 4.74 Å². The molecule has 0 amide bonds. The highest BCUT2D eigenvalue weighted by Crippen LogP contribution is 2.30. The van der Waals surface area contributed by atoms with Crippen LogP contribution in [0.5, 0.6) is 5.75 Å². The van der Waals surface area contributed by atoms with E-state index in [1.807, 2.05) is 52.8 Å². The van der Waals surface area contributed by atoms with E-state index < -0.39 is 0 Å². The summed E-state index contributed by atoms with van der Waals surface area (Å²) in [6.45, 7) is 17.6. The minimum Gasteiger partial charge on any atom is -0.502 e. The quantitative estimate of drug-likeness (QED) is 0.739. The minimum absolute atomic E-state index is 0.0715. The molecule has 0 aromatic heterocycles. The van der Waals surface area contributed by atoms with Crippen LogP contribution in [0.4, 0.5) is 5.69 Å². The van der Waals surface area contributed by atoms with Crippen LogP contribution in [0.25, 0.3) is 4.85 Å². The summed E-state index contributed by atoms with van der Waals surface area (Å²) in [5, 5.41) is 0. The molecule has 0 saturated carbocycles. The van der Waals surface area contributed by atoms with Crippen molar-refractivity contribution in [1.29, 1.82) is 0 Å². The first-order valence-electron chi connectivity index (χ1n) is 6.13. The molecule has 0 N–H and O–H groups in total.